The Morgan fingerprint density at radius 3 is 2.66 bits per heavy atom. The summed E-state index contributed by atoms with van der Waals surface area (Å²) in [5, 5.41) is 6.36. The molecule has 1 amide bonds. The molecule has 0 fully saturated rings. The number of rotatable bonds is 8. The number of aliphatic imine (C=N–C) groups is 1. The summed E-state index contributed by atoms with van der Waals surface area (Å²) >= 11 is 6.10. The Balaban J connectivity index is 0.00000420. The van der Waals surface area contributed by atoms with Crippen molar-refractivity contribution in [2.24, 2.45) is 10.7 Å². The molecule has 0 aromatic heterocycles. The second kappa shape index (κ2) is 12.5. The van der Waals surface area contributed by atoms with Crippen LogP contribution in [0.1, 0.15) is 15.9 Å². The van der Waals surface area contributed by atoms with Gasteiger partial charge in [-0.1, -0.05) is 23.7 Å². The van der Waals surface area contributed by atoms with Crippen LogP contribution < -0.4 is 21.1 Å². The Labute approximate surface area is 193 Å². The summed E-state index contributed by atoms with van der Waals surface area (Å²) in [6.07, 6.45) is 0. The lowest BCUT2D eigenvalue weighted by Gasteiger charge is -2.11. The molecular weight excluding hydrogens is 505 g/mol. The van der Waals surface area contributed by atoms with Gasteiger partial charge in [0.2, 0.25) is 0 Å². The monoisotopic (exact) mass is 531 g/mol. The summed E-state index contributed by atoms with van der Waals surface area (Å²) in [4.78, 5) is 18.5. The number of nitrogens with one attached hydrogen (secondary N) is 2. The smallest absolute Gasteiger partial charge is 0.251 e. The fourth-order valence-corrected chi connectivity index (χ4v) is 2.67. The number of nitrogens with zero attached hydrogens (tertiary/aromatic N) is 2. The maximum Gasteiger partial charge on any atom is 0.251 e. The van der Waals surface area contributed by atoms with Crippen LogP contribution in [-0.4, -0.2) is 51.1 Å². The van der Waals surface area contributed by atoms with Gasteiger partial charge in [-0.25, -0.2) is 4.99 Å². The zero-order valence-corrected chi connectivity index (χ0v) is 19.8. The first-order chi connectivity index (χ1) is 13.4. The summed E-state index contributed by atoms with van der Waals surface area (Å²) in [7, 11) is 5.48. The van der Waals surface area contributed by atoms with Gasteiger partial charge in [-0.2, -0.15) is 0 Å². The molecule has 0 aliphatic rings. The van der Waals surface area contributed by atoms with Gasteiger partial charge >= 0.3 is 0 Å². The van der Waals surface area contributed by atoms with Crippen LogP contribution in [0, 0.1) is 0 Å². The van der Waals surface area contributed by atoms with Gasteiger partial charge in [-0.3, -0.25) is 4.79 Å². The van der Waals surface area contributed by atoms with Gasteiger partial charge in [0, 0.05) is 24.3 Å². The Bertz CT molecular complexity index is 845. The summed E-state index contributed by atoms with van der Waals surface area (Å²) in [5.41, 5.74) is 8.14. The minimum absolute atomic E-state index is 0. The Morgan fingerprint density at radius 2 is 2.00 bits per heavy atom. The third-order valence-electron chi connectivity index (χ3n) is 3.89. The van der Waals surface area contributed by atoms with Gasteiger partial charge in [0.15, 0.2) is 5.96 Å². The summed E-state index contributed by atoms with van der Waals surface area (Å²) in [6.45, 7) is 1.73. The van der Waals surface area contributed by atoms with E-state index in [0.29, 0.717) is 35.1 Å². The predicted octanol–water partition coefficient (Wildman–Crippen LogP) is 3.18. The molecule has 0 saturated heterocycles. The number of guanidine groups is 1. The standard InChI is InChI=1S/C20H26ClN5O2.HI/c1-26(2)10-9-23-19(27)15-6-4-5-14(11-15)13-24-20(22)25-16-7-8-18(28-3)17(21)12-16;/h4-8,11-12H,9-10,13H2,1-3H3,(H,23,27)(H3,22,24,25);1H. The highest BCUT2D eigenvalue weighted by molar-refractivity contribution is 14.0. The highest BCUT2D eigenvalue weighted by atomic mass is 127. The van der Waals surface area contributed by atoms with Crippen molar-refractivity contribution in [2.45, 2.75) is 6.54 Å². The second-order valence-corrected chi connectivity index (χ2v) is 6.84. The topological polar surface area (TPSA) is 92.0 Å². The predicted molar refractivity (Wildman–Crippen MR) is 130 cm³/mol. The third-order valence-corrected chi connectivity index (χ3v) is 4.19. The van der Waals surface area contributed by atoms with Crippen LogP contribution in [0.25, 0.3) is 0 Å². The van der Waals surface area contributed by atoms with E-state index < -0.39 is 0 Å². The Morgan fingerprint density at radius 1 is 1.24 bits per heavy atom. The highest BCUT2D eigenvalue weighted by Crippen LogP contribution is 2.27. The fraction of sp³-hybridized carbons (Fsp3) is 0.300. The van der Waals surface area contributed by atoms with Crippen LogP contribution in [0.15, 0.2) is 47.5 Å². The molecular formula is C20H27ClIN5O2. The molecule has 0 spiro atoms. The van der Waals surface area contributed by atoms with Crippen molar-refractivity contribution in [1.82, 2.24) is 10.2 Å². The molecule has 0 saturated carbocycles. The Hall–Kier alpha value is -2.04. The molecule has 2 aromatic carbocycles. The number of hydrogen-bond acceptors (Lipinski definition) is 4. The van der Waals surface area contributed by atoms with Crippen molar-refractivity contribution < 1.29 is 9.53 Å². The lowest BCUT2D eigenvalue weighted by atomic mass is 10.1. The van der Waals surface area contributed by atoms with Crippen LogP contribution in [0.3, 0.4) is 0 Å². The number of halogens is 2. The van der Waals surface area contributed by atoms with Crippen molar-refractivity contribution >= 4 is 53.1 Å². The van der Waals surface area contributed by atoms with E-state index >= 15 is 0 Å². The van der Waals surface area contributed by atoms with Gasteiger partial charge in [-0.15, -0.1) is 24.0 Å². The van der Waals surface area contributed by atoms with E-state index in [-0.39, 0.29) is 35.8 Å². The van der Waals surface area contributed by atoms with Crippen molar-refractivity contribution in [3.8, 4) is 5.75 Å². The number of likely N-dealkylation sites (N-methyl/N-ethyl adjacent to an activating group) is 1. The number of carbonyl (C=O) groups is 1. The number of amides is 1. The fourth-order valence-electron chi connectivity index (χ4n) is 2.41. The number of benzene rings is 2. The molecule has 0 unspecified atom stereocenters. The first-order valence-electron chi connectivity index (χ1n) is 8.81. The third kappa shape index (κ3) is 8.46. The summed E-state index contributed by atoms with van der Waals surface area (Å²) < 4.78 is 5.12. The van der Waals surface area contributed by atoms with Crippen molar-refractivity contribution in [1.29, 1.82) is 0 Å². The van der Waals surface area contributed by atoms with Gasteiger partial charge in [0.25, 0.3) is 5.91 Å². The van der Waals surface area contributed by atoms with E-state index in [2.05, 4.69) is 15.6 Å². The van der Waals surface area contributed by atoms with E-state index in [9.17, 15) is 4.79 Å². The zero-order valence-electron chi connectivity index (χ0n) is 16.7. The Kier molecular flexibility index (Phi) is 10.8. The maximum absolute atomic E-state index is 12.2. The first kappa shape index (κ1) is 25.0. The van der Waals surface area contributed by atoms with Gasteiger partial charge in [0.05, 0.1) is 18.7 Å². The molecule has 0 heterocycles. The molecule has 2 rings (SSSR count). The van der Waals surface area contributed by atoms with Crippen molar-refractivity contribution in [2.75, 3.05) is 39.6 Å². The number of methoxy groups -OCH3 is 1. The second-order valence-electron chi connectivity index (χ2n) is 6.44. The molecule has 29 heavy (non-hydrogen) atoms. The molecule has 9 heteroatoms. The van der Waals surface area contributed by atoms with Crippen LogP contribution >= 0.6 is 35.6 Å². The van der Waals surface area contributed by atoms with Gasteiger partial charge in [0.1, 0.15) is 5.75 Å². The molecule has 158 valence electrons. The molecule has 0 atom stereocenters. The largest absolute Gasteiger partial charge is 0.495 e. The van der Waals surface area contributed by atoms with Crippen LogP contribution in [0.2, 0.25) is 5.02 Å². The number of nitrogens with two attached hydrogens (primary N) is 1. The normalized spacial score (nSPS) is 11.0. The summed E-state index contributed by atoms with van der Waals surface area (Å²) in [5.74, 6) is 0.733. The SMILES string of the molecule is COc1ccc(NC(N)=NCc2cccc(C(=O)NCCN(C)C)c2)cc1Cl.I. The van der Waals surface area contributed by atoms with E-state index in [4.69, 9.17) is 22.1 Å². The molecule has 7 nitrogen and oxygen atoms in total. The molecule has 0 radical (unpaired) electrons. The number of hydrogen-bond donors (Lipinski definition) is 3. The van der Waals surface area contributed by atoms with Crippen LogP contribution in [-0.2, 0) is 6.54 Å². The molecule has 0 aliphatic carbocycles. The lowest BCUT2D eigenvalue weighted by molar-refractivity contribution is 0.0951. The molecule has 4 N–H and O–H groups in total. The van der Waals surface area contributed by atoms with E-state index in [1.54, 1.807) is 31.4 Å². The molecule has 0 bridgehead atoms. The van der Waals surface area contributed by atoms with Crippen LogP contribution in [0.4, 0.5) is 5.69 Å². The zero-order chi connectivity index (χ0) is 20.5. The highest BCUT2D eigenvalue weighted by Gasteiger charge is 2.06. The molecule has 2 aromatic rings. The van der Waals surface area contributed by atoms with Gasteiger partial charge < -0.3 is 26.0 Å². The van der Waals surface area contributed by atoms with E-state index in [1.165, 1.54) is 0 Å². The minimum Gasteiger partial charge on any atom is -0.495 e. The molecule has 0 aliphatic heterocycles. The average molecular weight is 532 g/mol. The maximum atomic E-state index is 12.2. The van der Waals surface area contributed by atoms with E-state index in [0.717, 1.165) is 12.1 Å². The van der Waals surface area contributed by atoms with Crippen molar-refractivity contribution in [3.05, 3.63) is 58.6 Å². The quantitative estimate of drug-likeness (QED) is 0.276. The number of ether oxygens (including phenoxy) is 1. The lowest BCUT2D eigenvalue weighted by Crippen LogP contribution is -2.31. The number of carbonyl (C=O) groups excluding carboxylic acids is 1. The average Bonchev–Trinajstić information content (AvgIpc) is 2.66. The number of anilines is 1. The van der Waals surface area contributed by atoms with E-state index in [1.807, 2.05) is 37.2 Å². The summed E-state index contributed by atoms with van der Waals surface area (Å²) in [6, 6.07) is 12.6. The minimum atomic E-state index is -0.105. The first-order valence-corrected chi connectivity index (χ1v) is 9.19. The van der Waals surface area contributed by atoms with Crippen LogP contribution in [0.5, 0.6) is 5.75 Å². The van der Waals surface area contributed by atoms with Crippen molar-refractivity contribution in [3.63, 3.8) is 0 Å². The van der Waals surface area contributed by atoms with Gasteiger partial charge in [-0.05, 0) is 50.0 Å².